The fourth-order valence-electron chi connectivity index (χ4n) is 1.45. The molecule has 0 fully saturated rings. The number of carbonyl (C=O) groups excluding carboxylic acids is 1. The Hall–Kier alpha value is -0.690. The summed E-state index contributed by atoms with van der Waals surface area (Å²) in [6, 6.07) is 7.49. The third-order valence-corrected chi connectivity index (χ3v) is 3.50. The molecule has 1 amide bonds. The standard InChI is InChI=1S/C12H15IN2OS/c1-2-8(7-11(14)17)15-12(16)9-5-3-4-6-10(9)13/h3-6,8H,2,7H2,1H3,(H2,14,17)(H,15,16). The molecule has 1 rings (SSSR count). The van der Waals surface area contributed by atoms with Gasteiger partial charge in [0.15, 0.2) is 0 Å². The molecule has 92 valence electrons. The van der Waals surface area contributed by atoms with Gasteiger partial charge in [0.25, 0.3) is 5.91 Å². The van der Waals surface area contributed by atoms with Gasteiger partial charge < -0.3 is 11.1 Å². The Labute approximate surface area is 120 Å². The van der Waals surface area contributed by atoms with E-state index in [4.69, 9.17) is 18.0 Å². The van der Waals surface area contributed by atoms with Gasteiger partial charge in [0.05, 0.1) is 10.6 Å². The monoisotopic (exact) mass is 362 g/mol. The molecular formula is C12H15IN2OS. The van der Waals surface area contributed by atoms with Crippen LogP contribution in [0.5, 0.6) is 0 Å². The van der Waals surface area contributed by atoms with E-state index in [0.29, 0.717) is 17.0 Å². The third kappa shape index (κ3) is 4.59. The topological polar surface area (TPSA) is 55.1 Å². The minimum atomic E-state index is -0.0712. The number of halogens is 1. The van der Waals surface area contributed by atoms with E-state index in [0.717, 1.165) is 9.99 Å². The summed E-state index contributed by atoms with van der Waals surface area (Å²) in [7, 11) is 0. The van der Waals surface area contributed by atoms with E-state index in [-0.39, 0.29) is 11.9 Å². The largest absolute Gasteiger partial charge is 0.393 e. The molecule has 0 aliphatic carbocycles. The first kappa shape index (κ1) is 14.4. The molecule has 17 heavy (non-hydrogen) atoms. The molecule has 0 radical (unpaired) electrons. The van der Waals surface area contributed by atoms with Crippen LogP contribution in [0.15, 0.2) is 24.3 Å². The number of amides is 1. The number of hydrogen-bond donors (Lipinski definition) is 2. The molecule has 3 nitrogen and oxygen atoms in total. The SMILES string of the molecule is CCC(CC(N)=S)NC(=O)c1ccccc1I. The van der Waals surface area contributed by atoms with Crippen molar-refractivity contribution in [3.63, 3.8) is 0 Å². The summed E-state index contributed by atoms with van der Waals surface area (Å²) in [6.45, 7) is 2.00. The number of nitrogens with one attached hydrogen (secondary N) is 1. The van der Waals surface area contributed by atoms with Crippen LogP contribution in [0.3, 0.4) is 0 Å². The van der Waals surface area contributed by atoms with E-state index < -0.39 is 0 Å². The summed E-state index contributed by atoms with van der Waals surface area (Å²) in [6.07, 6.45) is 1.35. The van der Waals surface area contributed by atoms with Crippen molar-refractivity contribution in [3.8, 4) is 0 Å². The lowest BCUT2D eigenvalue weighted by molar-refractivity contribution is 0.0936. The highest BCUT2D eigenvalue weighted by atomic mass is 127. The predicted octanol–water partition coefficient (Wildman–Crippen LogP) is 2.48. The van der Waals surface area contributed by atoms with Crippen molar-refractivity contribution < 1.29 is 4.79 Å². The number of rotatable bonds is 5. The van der Waals surface area contributed by atoms with E-state index in [1.165, 1.54) is 0 Å². The molecule has 0 saturated heterocycles. The van der Waals surface area contributed by atoms with Gasteiger partial charge in [-0.3, -0.25) is 4.79 Å². The number of hydrogen-bond acceptors (Lipinski definition) is 2. The van der Waals surface area contributed by atoms with Crippen LogP contribution in [0.4, 0.5) is 0 Å². The van der Waals surface area contributed by atoms with Crippen LogP contribution in [0.2, 0.25) is 0 Å². The molecule has 1 unspecified atom stereocenters. The van der Waals surface area contributed by atoms with Crippen LogP contribution in [-0.2, 0) is 0 Å². The maximum Gasteiger partial charge on any atom is 0.252 e. The normalized spacial score (nSPS) is 11.9. The molecule has 0 saturated carbocycles. The number of nitrogens with two attached hydrogens (primary N) is 1. The summed E-state index contributed by atoms with van der Waals surface area (Å²) >= 11 is 7.01. The molecular weight excluding hydrogens is 347 g/mol. The molecule has 0 spiro atoms. The zero-order valence-electron chi connectivity index (χ0n) is 9.57. The van der Waals surface area contributed by atoms with Crippen molar-refractivity contribution in [2.45, 2.75) is 25.8 Å². The van der Waals surface area contributed by atoms with Crippen LogP contribution < -0.4 is 11.1 Å². The molecule has 1 atom stereocenters. The van der Waals surface area contributed by atoms with Crippen molar-refractivity contribution in [3.05, 3.63) is 33.4 Å². The predicted molar refractivity (Wildman–Crippen MR) is 82.1 cm³/mol. The minimum absolute atomic E-state index is 0.0102. The van der Waals surface area contributed by atoms with Crippen LogP contribution in [0.25, 0.3) is 0 Å². The van der Waals surface area contributed by atoms with Gasteiger partial charge in [0, 0.05) is 16.0 Å². The van der Waals surface area contributed by atoms with Crippen LogP contribution in [0.1, 0.15) is 30.1 Å². The first-order chi connectivity index (χ1) is 8.04. The average Bonchev–Trinajstić information content (AvgIpc) is 2.27. The van der Waals surface area contributed by atoms with Crippen molar-refractivity contribution in [1.82, 2.24) is 5.32 Å². The Morgan fingerprint density at radius 2 is 2.18 bits per heavy atom. The van der Waals surface area contributed by atoms with Crippen LogP contribution in [0, 0.1) is 3.57 Å². The summed E-state index contributed by atoms with van der Waals surface area (Å²) in [5.41, 5.74) is 6.18. The molecule has 0 aliphatic rings. The molecule has 1 aromatic rings. The van der Waals surface area contributed by atoms with Gasteiger partial charge in [-0.1, -0.05) is 31.3 Å². The zero-order chi connectivity index (χ0) is 12.8. The lowest BCUT2D eigenvalue weighted by atomic mass is 10.1. The molecule has 0 heterocycles. The van der Waals surface area contributed by atoms with E-state index >= 15 is 0 Å². The van der Waals surface area contributed by atoms with Gasteiger partial charge in [0.1, 0.15) is 0 Å². The summed E-state index contributed by atoms with van der Waals surface area (Å²) < 4.78 is 0.938. The van der Waals surface area contributed by atoms with Gasteiger partial charge in [-0.05, 0) is 41.1 Å². The molecule has 0 bridgehead atoms. The first-order valence-corrected chi connectivity index (χ1v) is 6.87. The second-order valence-corrected chi connectivity index (χ2v) is 5.42. The quantitative estimate of drug-likeness (QED) is 0.625. The molecule has 1 aromatic carbocycles. The maximum atomic E-state index is 12.0. The minimum Gasteiger partial charge on any atom is -0.393 e. The van der Waals surface area contributed by atoms with Gasteiger partial charge >= 0.3 is 0 Å². The zero-order valence-corrected chi connectivity index (χ0v) is 12.5. The van der Waals surface area contributed by atoms with Gasteiger partial charge in [0.2, 0.25) is 0 Å². The summed E-state index contributed by atoms with van der Waals surface area (Å²) in [5, 5.41) is 2.94. The first-order valence-electron chi connectivity index (χ1n) is 5.38. The van der Waals surface area contributed by atoms with E-state index in [1.807, 2.05) is 31.2 Å². The van der Waals surface area contributed by atoms with Crippen LogP contribution in [-0.4, -0.2) is 16.9 Å². The Morgan fingerprint density at radius 1 is 1.53 bits per heavy atom. The van der Waals surface area contributed by atoms with Crippen molar-refractivity contribution in [2.24, 2.45) is 5.73 Å². The molecule has 0 aromatic heterocycles. The number of thiocarbonyl (C=S) groups is 1. The number of carbonyl (C=O) groups is 1. The highest BCUT2D eigenvalue weighted by Gasteiger charge is 2.14. The highest BCUT2D eigenvalue weighted by molar-refractivity contribution is 14.1. The third-order valence-electron chi connectivity index (χ3n) is 2.39. The van der Waals surface area contributed by atoms with Crippen molar-refractivity contribution >= 4 is 45.7 Å². The second-order valence-electron chi connectivity index (χ2n) is 3.73. The van der Waals surface area contributed by atoms with Gasteiger partial charge in [-0.15, -0.1) is 0 Å². The van der Waals surface area contributed by atoms with E-state index in [2.05, 4.69) is 27.9 Å². The van der Waals surface area contributed by atoms with Crippen molar-refractivity contribution in [2.75, 3.05) is 0 Å². The Balaban J connectivity index is 2.71. The highest BCUT2D eigenvalue weighted by Crippen LogP contribution is 2.12. The summed E-state index contributed by atoms with van der Waals surface area (Å²) in [4.78, 5) is 12.4. The smallest absolute Gasteiger partial charge is 0.252 e. The van der Waals surface area contributed by atoms with Crippen LogP contribution >= 0.6 is 34.8 Å². The Kier molecular flexibility index (Phi) is 5.84. The second kappa shape index (κ2) is 6.90. The maximum absolute atomic E-state index is 12.0. The lowest BCUT2D eigenvalue weighted by Crippen LogP contribution is -2.37. The fourth-order valence-corrected chi connectivity index (χ4v) is 2.28. The average molecular weight is 362 g/mol. The molecule has 0 aliphatic heterocycles. The van der Waals surface area contributed by atoms with E-state index in [9.17, 15) is 4.79 Å². The van der Waals surface area contributed by atoms with Crippen molar-refractivity contribution in [1.29, 1.82) is 0 Å². The Bertz CT molecular complexity index is 423. The fraction of sp³-hybridized carbons (Fsp3) is 0.333. The summed E-state index contributed by atoms with van der Waals surface area (Å²) in [5.74, 6) is -0.0712. The molecule has 3 N–H and O–H groups in total. The lowest BCUT2D eigenvalue weighted by Gasteiger charge is -2.16. The Morgan fingerprint density at radius 3 is 2.71 bits per heavy atom. The van der Waals surface area contributed by atoms with E-state index in [1.54, 1.807) is 0 Å². The van der Waals surface area contributed by atoms with Gasteiger partial charge in [-0.2, -0.15) is 0 Å². The number of benzene rings is 1. The molecule has 5 heteroatoms. The van der Waals surface area contributed by atoms with Gasteiger partial charge in [-0.25, -0.2) is 0 Å².